The van der Waals surface area contributed by atoms with Gasteiger partial charge in [-0.2, -0.15) is 0 Å². The predicted octanol–water partition coefficient (Wildman–Crippen LogP) is 4.98. The molecule has 0 spiro atoms. The number of carbonyl (C=O) groups excluding carboxylic acids is 2. The molecule has 0 N–H and O–H groups in total. The Morgan fingerprint density at radius 2 is 1.89 bits per heavy atom. The molecular formula is C21H19BrO6. The maximum atomic E-state index is 12.7. The van der Waals surface area contributed by atoms with Gasteiger partial charge in [-0.15, -0.1) is 0 Å². The Kier molecular flexibility index (Phi) is 6.04. The molecule has 3 aromatic rings. The second-order valence-electron chi connectivity index (χ2n) is 5.95. The van der Waals surface area contributed by atoms with Crippen LogP contribution in [0, 0.1) is 0 Å². The van der Waals surface area contributed by atoms with Crippen molar-refractivity contribution in [2.45, 2.75) is 20.0 Å². The first kappa shape index (κ1) is 19.9. The SMILES string of the molecule is CCOC(=O)c1c(-c2ccccc2)oc2cc(Br)c(O[C@@H](C)C(=O)OC)cc12. The molecule has 1 atom stereocenters. The van der Waals surface area contributed by atoms with Crippen LogP contribution in [-0.4, -0.2) is 31.8 Å². The second-order valence-corrected chi connectivity index (χ2v) is 6.81. The van der Waals surface area contributed by atoms with Crippen LogP contribution in [0.2, 0.25) is 0 Å². The van der Waals surface area contributed by atoms with Crippen LogP contribution in [0.1, 0.15) is 24.2 Å². The number of halogens is 1. The van der Waals surface area contributed by atoms with E-state index in [-0.39, 0.29) is 6.61 Å². The highest BCUT2D eigenvalue weighted by atomic mass is 79.9. The van der Waals surface area contributed by atoms with Crippen molar-refractivity contribution in [2.75, 3.05) is 13.7 Å². The van der Waals surface area contributed by atoms with Crippen LogP contribution in [0.3, 0.4) is 0 Å². The highest BCUT2D eigenvalue weighted by Gasteiger charge is 2.25. The van der Waals surface area contributed by atoms with Gasteiger partial charge in [0.1, 0.15) is 22.7 Å². The molecule has 146 valence electrons. The molecule has 0 aliphatic carbocycles. The fourth-order valence-electron chi connectivity index (χ4n) is 2.79. The average molecular weight is 447 g/mol. The van der Waals surface area contributed by atoms with Gasteiger partial charge >= 0.3 is 11.9 Å². The van der Waals surface area contributed by atoms with E-state index in [1.807, 2.05) is 30.3 Å². The largest absolute Gasteiger partial charge is 0.478 e. The summed E-state index contributed by atoms with van der Waals surface area (Å²) in [6, 6.07) is 12.7. The third kappa shape index (κ3) is 3.89. The van der Waals surface area contributed by atoms with E-state index >= 15 is 0 Å². The molecule has 3 rings (SSSR count). The first-order chi connectivity index (χ1) is 13.5. The zero-order valence-corrected chi connectivity index (χ0v) is 17.2. The Morgan fingerprint density at radius 1 is 1.18 bits per heavy atom. The number of benzene rings is 2. The maximum absolute atomic E-state index is 12.7. The van der Waals surface area contributed by atoms with Crippen LogP contribution in [0.4, 0.5) is 0 Å². The Balaban J connectivity index is 2.16. The number of hydrogen-bond acceptors (Lipinski definition) is 6. The van der Waals surface area contributed by atoms with Gasteiger partial charge < -0.3 is 18.6 Å². The first-order valence-corrected chi connectivity index (χ1v) is 9.48. The van der Waals surface area contributed by atoms with Crippen molar-refractivity contribution in [3.63, 3.8) is 0 Å². The van der Waals surface area contributed by atoms with Crippen molar-refractivity contribution in [3.05, 3.63) is 52.5 Å². The minimum absolute atomic E-state index is 0.235. The Morgan fingerprint density at radius 3 is 2.54 bits per heavy atom. The van der Waals surface area contributed by atoms with Gasteiger partial charge in [0, 0.05) is 10.9 Å². The minimum atomic E-state index is -0.815. The topological polar surface area (TPSA) is 75.0 Å². The standard InChI is InChI=1S/C21H19BrO6/c1-4-26-21(24)18-14-10-17(27-12(2)20(23)25-3)15(22)11-16(14)28-19(18)13-8-6-5-7-9-13/h5-12H,4H2,1-3H3/t12-/m0/s1. The number of carbonyl (C=O) groups is 2. The van der Waals surface area contributed by atoms with E-state index in [4.69, 9.17) is 18.6 Å². The molecule has 28 heavy (non-hydrogen) atoms. The highest BCUT2D eigenvalue weighted by Crippen LogP contribution is 2.39. The van der Waals surface area contributed by atoms with Gasteiger partial charge in [0.05, 0.1) is 18.2 Å². The average Bonchev–Trinajstić information content (AvgIpc) is 3.06. The van der Waals surface area contributed by atoms with Gasteiger partial charge in [-0.1, -0.05) is 30.3 Å². The lowest BCUT2D eigenvalue weighted by molar-refractivity contribution is -0.147. The summed E-state index contributed by atoms with van der Waals surface area (Å²) in [6.45, 7) is 3.56. The highest BCUT2D eigenvalue weighted by molar-refractivity contribution is 9.10. The zero-order valence-electron chi connectivity index (χ0n) is 15.7. The van der Waals surface area contributed by atoms with Crippen LogP contribution >= 0.6 is 15.9 Å². The summed E-state index contributed by atoms with van der Waals surface area (Å²) >= 11 is 3.42. The van der Waals surface area contributed by atoms with Gasteiger partial charge in [-0.3, -0.25) is 0 Å². The minimum Gasteiger partial charge on any atom is -0.478 e. The van der Waals surface area contributed by atoms with E-state index in [0.29, 0.717) is 32.5 Å². The van der Waals surface area contributed by atoms with Gasteiger partial charge in [0.15, 0.2) is 6.10 Å². The predicted molar refractivity (Wildman–Crippen MR) is 107 cm³/mol. The van der Waals surface area contributed by atoms with Crippen molar-refractivity contribution >= 4 is 38.8 Å². The molecule has 7 heteroatoms. The molecule has 0 saturated heterocycles. The van der Waals surface area contributed by atoms with Crippen LogP contribution in [0.25, 0.3) is 22.3 Å². The van der Waals surface area contributed by atoms with Gasteiger partial charge in [-0.25, -0.2) is 9.59 Å². The van der Waals surface area contributed by atoms with Crippen molar-refractivity contribution in [3.8, 4) is 17.1 Å². The smallest absolute Gasteiger partial charge is 0.346 e. The van der Waals surface area contributed by atoms with E-state index in [2.05, 4.69) is 15.9 Å². The molecule has 1 heterocycles. The maximum Gasteiger partial charge on any atom is 0.346 e. The summed E-state index contributed by atoms with van der Waals surface area (Å²) in [7, 11) is 1.29. The Hall–Kier alpha value is -2.80. The van der Waals surface area contributed by atoms with Crippen molar-refractivity contribution < 1.29 is 28.2 Å². The molecular weight excluding hydrogens is 428 g/mol. The summed E-state index contributed by atoms with van der Waals surface area (Å²) in [5, 5.41) is 0.535. The monoisotopic (exact) mass is 446 g/mol. The number of ether oxygens (including phenoxy) is 3. The summed E-state index contributed by atoms with van der Waals surface area (Å²) in [6.07, 6.45) is -0.815. The van der Waals surface area contributed by atoms with E-state index in [0.717, 1.165) is 5.56 Å². The van der Waals surface area contributed by atoms with Crippen molar-refractivity contribution in [2.24, 2.45) is 0 Å². The third-order valence-corrected chi connectivity index (χ3v) is 4.71. The van der Waals surface area contributed by atoms with Crippen LogP contribution in [0.5, 0.6) is 5.75 Å². The molecule has 0 aliphatic rings. The van der Waals surface area contributed by atoms with Gasteiger partial charge in [-0.05, 0) is 41.9 Å². The summed E-state index contributed by atoms with van der Waals surface area (Å²) < 4.78 is 22.2. The molecule has 1 aromatic heterocycles. The number of rotatable bonds is 6. The number of fused-ring (bicyclic) bond motifs is 1. The first-order valence-electron chi connectivity index (χ1n) is 8.69. The fraction of sp³-hybridized carbons (Fsp3) is 0.238. The summed E-state index contributed by atoms with van der Waals surface area (Å²) in [5.74, 6) is -0.195. The number of esters is 2. The molecule has 0 fully saturated rings. The van der Waals surface area contributed by atoms with Crippen LogP contribution in [0.15, 0.2) is 51.4 Å². The molecule has 0 radical (unpaired) electrons. The lowest BCUT2D eigenvalue weighted by Gasteiger charge is -2.13. The van der Waals surface area contributed by atoms with Gasteiger partial charge in [0.2, 0.25) is 0 Å². The molecule has 6 nitrogen and oxygen atoms in total. The summed E-state index contributed by atoms with van der Waals surface area (Å²) in [5.41, 5.74) is 1.56. The zero-order chi connectivity index (χ0) is 20.3. The normalized spacial score (nSPS) is 11.9. The molecule has 0 aliphatic heterocycles. The van der Waals surface area contributed by atoms with E-state index in [9.17, 15) is 9.59 Å². The van der Waals surface area contributed by atoms with E-state index in [1.165, 1.54) is 7.11 Å². The number of hydrogen-bond donors (Lipinski definition) is 0. The number of methoxy groups -OCH3 is 1. The Labute approximate surface area is 170 Å². The van der Waals surface area contributed by atoms with Crippen molar-refractivity contribution in [1.82, 2.24) is 0 Å². The third-order valence-electron chi connectivity index (χ3n) is 4.09. The molecule has 0 bridgehead atoms. The molecule has 2 aromatic carbocycles. The van der Waals surface area contributed by atoms with E-state index in [1.54, 1.807) is 26.0 Å². The quantitative estimate of drug-likeness (QED) is 0.497. The second kappa shape index (κ2) is 8.48. The molecule has 0 saturated carbocycles. The van der Waals surface area contributed by atoms with Gasteiger partial charge in [0.25, 0.3) is 0 Å². The lowest BCUT2D eigenvalue weighted by Crippen LogP contribution is -2.25. The lowest BCUT2D eigenvalue weighted by atomic mass is 10.1. The molecule has 0 unspecified atom stereocenters. The number of furan rings is 1. The van der Waals surface area contributed by atoms with Crippen LogP contribution in [-0.2, 0) is 14.3 Å². The van der Waals surface area contributed by atoms with Crippen molar-refractivity contribution in [1.29, 1.82) is 0 Å². The fourth-order valence-corrected chi connectivity index (χ4v) is 3.21. The summed E-state index contributed by atoms with van der Waals surface area (Å²) in [4.78, 5) is 24.4. The van der Waals surface area contributed by atoms with Crippen LogP contribution < -0.4 is 4.74 Å². The van der Waals surface area contributed by atoms with E-state index < -0.39 is 18.0 Å². The Bertz CT molecular complexity index is 1010. The molecule has 0 amide bonds.